The van der Waals surface area contributed by atoms with Crippen molar-refractivity contribution in [3.8, 4) is 11.1 Å². The van der Waals surface area contributed by atoms with E-state index in [0.29, 0.717) is 10.6 Å². The second-order valence-electron chi connectivity index (χ2n) is 11.1. The van der Waals surface area contributed by atoms with Crippen LogP contribution in [-0.4, -0.2) is 57.9 Å². The summed E-state index contributed by atoms with van der Waals surface area (Å²) in [6.07, 6.45) is -4.23. The number of ether oxygens (including phenoxy) is 4. The van der Waals surface area contributed by atoms with Crippen LogP contribution in [0, 0.1) is 5.82 Å². The molecule has 0 amide bonds. The van der Waals surface area contributed by atoms with Gasteiger partial charge in [0.05, 0.1) is 18.1 Å². The Kier molecular flexibility index (Phi) is 9.85. The minimum absolute atomic E-state index is 0.0325. The Morgan fingerprint density at radius 3 is 2.20 bits per heavy atom. The number of carbonyl (C=O) groups excluding carboxylic acids is 3. The fourth-order valence-corrected chi connectivity index (χ4v) is 5.90. The monoisotopic (exact) mass is 688 g/mol. The van der Waals surface area contributed by atoms with E-state index in [4.69, 9.17) is 35.4 Å². The summed E-state index contributed by atoms with van der Waals surface area (Å²) in [7, 11) is 1.34. The van der Waals surface area contributed by atoms with Crippen molar-refractivity contribution in [1.82, 2.24) is 14.5 Å². The number of anilines is 1. The number of hydrogen-bond donors (Lipinski definition) is 1. The SMILES string of the molecule is CONc1ncnc2c1c(F)cn2[C@@H]1O[C@H](C(OC(=O)c2ccc(-c3ccccc3)cc2)c2ccc(Cl)cc2)[C@@H](OC(C)=O)[C@H]1OC(C)=O. The summed E-state index contributed by atoms with van der Waals surface area (Å²) in [6, 6.07) is 22.9. The lowest BCUT2D eigenvalue weighted by atomic mass is 9.98. The molecule has 1 saturated heterocycles. The molecule has 0 spiro atoms. The van der Waals surface area contributed by atoms with Crippen molar-refractivity contribution in [2.45, 2.75) is 44.5 Å². The maximum absolute atomic E-state index is 15.5. The first-order valence-electron chi connectivity index (χ1n) is 15.1. The summed E-state index contributed by atoms with van der Waals surface area (Å²) < 4.78 is 40.7. The van der Waals surface area contributed by atoms with E-state index in [1.165, 1.54) is 31.9 Å². The van der Waals surface area contributed by atoms with Gasteiger partial charge in [-0.05, 0) is 41.0 Å². The standard InChI is InChI=1S/C35H30ClFN4O8/c1-19(42)46-30-29(48-34(31(30)47-20(2)43)41-17-26(37)27-32(40-45-3)38-18-39-33(27)41)28(23-13-15-25(36)16-14-23)49-35(44)24-11-9-22(10-12-24)21-7-5-4-6-8-21/h4-18,28-31,34H,1-3H3,(H,38,39,40)/t28?,29-,30-,31-,34-/m1/s1. The van der Waals surface area contributed by atoms with E-state index in [1.54, 1.807) is 48.5 Å². The smallest absolute Gasteiger partial charge is 0.338 e. The van der Waals surface area contributed by atoms with Crippen LogP contribution in [0.3, 0.4) is 0 Å². The highest BCUT2D eigenvalue weighted by Crippen LogP contribution is 2.43. The molecule has 0 saturated carbocycles. The predicted octanol–water partition coefficient (Wildman–Crippen LogP) is 6.22. The molecule has 0 bridgehead atoms. The van der Waals surface area contributed by atoms with Crippen LogP contribution in [-0.2, 0) is 33.4 Å². The van der Waals surface area contributed by atoms with Crippen LogP contribution in [0.2, 0.25) is 5.02 Å². The minimum atomic E-state index is -1.34. The predicted molar refractivity (Wildman–Crippen MR) is 175 cm³/mol. The first-order chi connectivity index (χ1) is 23.6. The molecule has 1 fully saturated rings. The molecular formula is C35H30ClFN4O8. The van der Waals surface area contributed by atoms with Crippen LogP contribution in [0.4, 0.5) is 10.2 Å². The van der Waals surface area contributed by atoms with Crippen LogP contribution < -0.4 is 5.48 Å². The summed E-state index contributed by atoms with van der Waals surface area (Å²) in [5, 5.41) is 0.376. The molecule has 0 aliphatic carbocycles. The third-order valence-electron chi connectivity index (χ3n) is 7.82. The molecule has 6 rings (SSSR count). The number of nitrogens with one attached hydrogen (secondary N) is 1. The average Bonchev–Trinajstić information content (AvgIpc) is 3.61. The number of benzene rings is 3. The van der Waals surface area contributed by atoms with E-state index in [2.05, 4.69) is 15.4 Å². The van der Waals surface area contributed by atoms with Crippen molar-refractivity contribution in [2.75, 3.05) is 12.6 Å². The Labute approximate surface area is 284 Å². The van der Waals surface area contributed by atoms with Gasteiger partial charge in [0, 0.05) is 25.1 Å². The zero-order chi connectivity index (χ0) is 34.7. The summed E-state index contributed by atoms with van der Waals surface area (Å²) in [5.41, 5.74) is 5.09. The van der Waals surface area contributed by atoms with Gasteiger partial charge in [-0.25, -0.2) is 24.6 Å². The van der Waals surface area contributed by atoms with E-state index >= 15 is 4.39 Å². The van der Waals surface area contributed by atoms with E-state index in [0.717, 1.165) is 17.3 Å². The molecule has 1 N–H and O–H groups in total. The van der Waals surface area contributed by atoms with Gasteiger partial charge in [0.2, 0.25) is 0 Å². The number of rotatable bonds is 10. The van der Waals surface area contributed by atoms with Gasteiger partial charge >= 0.3 is 17.9 Å². The number of esters is 3. The van der Waals surface area contributed by atoms with Crippen molar-refractivity contribution in [3.63, 3.8) is 0 Å². The fourth-order valence-electron chi connectivity index (χ4n) is 5.77. The molecule has 2 aromatic heterocycles. The molecule has 0 radical (unpaired) electrons. The van der Waals surface area contributed by atoms with Crippen molar-refractivity contribution < 1.29 is 42.6 Å². The van der Waals surface area contributed by atoms with E-state index in [-0.39, 0.29) is 22.4 Å². The summed E-state index contributed by atoms with van der Waals surface area (Å²) >= 11 is 6.19. The van der Waals surface area contributed by atoms with Crippen molar-refractivity contribution in [3.05, 3.63) is 113 Å². The zero-order valence-corrected chi connectivity index (χ0v) is 27.2. The Bertz CT molecular complexity index is 1970. The lowest BCUT2D eigenvalue weighted by molar-refractivity contribution is -0.166. The summed E-state index contributed by atoms with van der Waals surface area (Å²) in [5.74, 6) is -2.88. The number of carbonyl (C=O) groups is 3. The topological polar surface area (TPSA) is 140 Å². The van der Waals surface area contributed by atoms with Gasteiger partial charge in [-0.2, -0.15) is 0 Å². The Hall–Kier alpha value is -5.37. The maximum Gasteiger partial charge on any atom is 0.338 e. The van der Waals surface area contributed by atoms with Crippen molar-refractivity contribution in [2.24, 2.45) is 0 Å². The number of fused-ring (bicyclic) bond motifs is 1. The molecule has 252 valence electrons. The number of halogens is 2. The van der Waals surface area contributed by atoms with Crippen molar-refractivity contribution >= 4 is 46.4 Å². The van der Waals surface area contributed by atoms with Crippen LogP contribution in [0.1, 0.15) is 42.1 Å². The molecule has 49 heavy (non-hydrogen) atoms. The first kappa shape index (κ1) is 33.5. The molecule has 5 atom stereocenters. The molecule has 1 unspecified atom stereocenters. The molecule has 1 aliphatic rings. The van der Waals surface area contributed by atoms with Gasteiger partial charge in [0.15, 0.2) is 41.8 Å². The third-order valence-corrected chi connectivity index (χ3v) is 8.08. The van der Waals surface area contributed by atoms with Gasteiger partial charge in [0.25, 0.3) is 0 Å². The third kappa shape index (κ3) is 7.09. The normalized spacial score (nSPS) is 19.3. The van der Waals surface area contributed by atoms with Crippen LogP contribution in [0.25, 0.3) is 22.2 Å². The van der Waals surface area contributed by atoms with Gasteiger partial charge in [0.1, 0.15) is 12.4 Å². The van der Waals surface area contributed by atoms with Crippen LogP contribution >= 0.6 is 11.6 Å². The Morgan fingerprint density at radius 1 is 0.898 bits per heavy atom. The number of hydrogen-bond acceptors (Lipinski definition) is 11. The second kappa shape index (κ2) is 14.4. The molecular weight excluding hydrogens is 659 g/mol. The van der Waals surface area contributed by atoms with E-state index in [1.807, 2.05) is 30.3 Å². The van der Waals surface area contributed by atoms with Gasteiger partial charge in [-0.3, -0.25) is 19.0 Å². The fraction of sp³-hybridized carbons (Fsp3) is 0.229. The summed E-state index contributed by atoms with van der Waals surface area (Å²) in [6.45, 7) is 2.34. The zero-order valence-electron chi connectivity index (χ0n) is 26.4. The van der Waals surface area contributed by atoms with Gasteiger partial charge in [-0.1, -0.05) is 66.2 Å². The second-order valence-corrected chi connectivity index (χ2v) is 11.5. The van der Waals surface area contributed by atoms with Crippen molar-refractivity contribution in [1.29, 1.82) is 0 Å². The quantitative estimate of drug-likeness (QED) is 0.102. The summed E-state index contributed by atoms with van der Waals surface area (Å²) in [4.78, 5) is 51.9. The molecule has 14 heteroatoms. The first-order valence-corrected chi connectivity index (χ1v) is 15.4. The largest absolute Gasteiger partial charge is 0.455 e. The lowest BCUT2D eigenvalue weighted by Gasteiger charge is -2.28. The van der Waals surface area contributed by atoms with Crippen LogP contribution in [0.5, 0.6) is 0 Å². The molecule has 12 nitrogen and oxygen atoms in total. The highest BCUT2D eigenvalue weighted by molar-refractivity contribution is 6.30. The van der Waals surface area contributed by atoms with E-state index < -0.39 is 54.4 Å². The highest BCUT2D eigenvalue weighted by atomic mass is 35.5. The Balaban J connectivity index is 1.41. The number of nitrogens with zero attached hydrogens (tertiary/aromatic N) is 3. The highest BCUT2D eigenvalue weighted by Gasteiger charge is 2.54. The molecule has 5 aromatic rings. The molecule has 3 aromatic carbocycles. The van der Waals surface area contributed by atoms with E-state index in [9.17, 15) is 14.4 Å². The average molecular weight is 689 g/mol. The molecule has 3 heterocycles. The van der Waals surface area contributed by atoms with Gasteiger partial charge < -0.3 is 18.9 Å². The van der Waals surface area contributed by atoms with Gasteiger partial charge in [-0.15, -0.1) is 0 Å². The maximum atomic E-state index is 15.5. The minimum Gasteiger partial charge on any atom is -0.455 e. The lowest BCUT2D eigenvalue weighted by Crippen LogP contribution is -2.41. The van der Waals surface area contributed by atoms with Crippen LogP contribution in [0.15, 0.2) is 91.4 Å². The molecule has 1 aliphatic heterocycles. The number of aromatic nitrogens is 3. The Morgan fingerprint density at radius 2 is 1.55 bits per heavy atom.